The molecule has 0 saturated carbocycles. The molecule has 3 aromatic heterocycles. The topological polar surface area (TPSA) is 72.1 Å². The lowest BCUT2D eigenvalue weighted by Gasteiger charge is -2.14. The molecule has 4 rings (SSSR count). The van der Waals surface area contributed by atoms with Crippen molar-refractivity contribution in [3.8, 4) is 21.8 Å². The van der Waals surface area contributed by atoms with E-state index in [1.54, 1.807) is 23.5 Å². The van der Waals surface area contributed by atoms with Crippen molar-refractivity contribution in [2.45, 2.75) is 19.8 Å². The van der Waals surface area contributed by atoms with Crippen LogP contribution in [0.2, 0.25) is 0 Å². The molecule has 0 N–H and O–H groups in total. The zero-order valence-corrected chi connectivity index (χ0v) is 16.6. The minimum atomic E-state index is -0.00928. The van der Waals surface area contributed by atoms with Gasteiger partial charge in [-0.3, -0.25) is 9.78 Å². The van der Waals surface area contributed by atoms with Crippen LogP contribution in [0, 0.1) is 0 Å². The van der Waals surface area contributed by atoms with Crippen LogP contribution < -0.4 is 0 Å². The molecule has 28 heavy (non-hydrogen) atoms. The summed E-state index contributed by atoms with van der Waals surface area (Å²) in [4.78, 5) is 23.4. The lowest BCUT2D eigenvalue weighted by molar-refractivity contribution is 0.0798. The Bertz CT molecular complexity index is 1100. The van der Waals surface area contributed by atoms with Crippen LogP contribution in [-0.4, -0.2) is 39.5 Å². The van der Waals surface area contributed by atoms with E-state index in [1.807, 2.05) is 37.4 Å². The van der Waals surface area contributed by atoms with Crippen molar-refractivity contribution >= 4 is 28.2 Å². The largest absolute Gasteiger partial charge is 0.356 e. The average molecular weight is 392 g/mol. The summed E-state index contributed by atoms with van der Waals surface area (Å²) in [5, 5.41) is 5.77. The fourth-order valence-corrected chi connectivity index (χ4v) is 3.89. The molecule has 0 radical (unpaired) electrons. The number of hydrogen-bond acceptors (Lipinski definition) is 6. The second kappa shape index (κ2) is 7.90. The van der Waals surface area contributed by atoms with Crippen molar-refractivity contribution in [3.63, 3.8) is 0 Å². The molecule has 1 amide bonds. The first-order valence-corrected chi connectivity index (χ1v) is 10.0. The minimum Gasteiger partial charge on any atom is -0.356 e. The lowest BCUT2D eigenvalue weighted by atomic mass is 10.1. The quantitative estimate of drug-likeness (QED) is 0.467. The Morgan fingerprint density at radius 2 is 2.00 bits per heavy atom. The van der Waals surface area contributed by atoms with Gasteiger partial charge in [0, 0.05) is 26.0 Å². The van der Waals surface area contributed by atoms with Crippen LogP contribution in [0.25, 0.3) is 32.8 Å². The lowest BCUT2D eigenvalue weighted by Crippen LogP contribution is -2.26. The molecule has 0 unspecified atom stereocenters. The highest BCUT2D eigenvalue weighted by Crippen LogP contribution is 2.33. The first-order valence-electron chi connectivity index (χ1n) is 9.19. The summed E-state index contributed by atoms with van der Waals surface area (Å²) in [7, 11) is 1.82. The first-order chi connectivity index (χ1) is 13.7. The van der Waals surface area contributed by atoms with Crippen molar-refractivity contribution in [2.75, 3.05) is 13.6 Å². The smallest absolute Gasteiger partial charge is 0.265 e. The highest BCUT2D eigenvalue weighted by Gasteiger charge is 2.19. The molecule has 0 atom stereocenters. The van der Waals surface area contributed by atoms with Crippen molar-refractivity contribution in [1.82, 2.24) is 20.0 Å². The number of carbonyl (C=O) groups is 1. The Balaban J connectivity index is 1.62. The van der Waals surface area contributed by atoms with Crippen LogP contribution >= 0.6 is 11.3 Å². The number of rotatable bonds is 6. The van der Waals surface area contributed by atoms with E-state index >= 15 is 0 Å². The van der Waals surface area contributed by atoms with Crippen LogP contribution in [0.4, 0.5) is 0 Å². The molecule has 0 aliphatic heterocycles. The van der Waals surface area contributed by atoms with Gasteiger partial charge < -0.3 is 9.42 Å². The minimum absolute atomic E-state index is 0.00928. The van der Waals surface area contributed by atoms with Gasteiger partial charge in [-0.2, -0.15) is 0 Å². The predicted molar refractivity (Wildman–Crippen MR) is 110 cm³/mol. The van der Waals surface area contributed by atoms with Crippen molar-refractivity contribution < 1.29 is 9.32 Å². The Labute approximate surface area is 166 Å². The highest BCUT2D eigenvalue weighted by atomic mass is 32.1. The van der Waals surface area contributed by atoms with Crippen LogP contribution in [0.15, 0.2) is 53.4 Å². The highest BCUT2D eigenvalue weighted by molar-refractivity contribution is 7.17. The van der Waals surface area contributed by atoms with Crippen LogP contribution in [0.1, 0.15) is 29.4 Å². The zero-order valence-electron chi connectivity index (χ0n) is 15.8. The molecule has 0 fully saturated rings. The normalized spacial score (nSPS) is 11.1. The standard InChI is InChI=1S/C21H20N4O2S/c1-3-4-11-25(2)21(26)18-13-23-20(28-18)19-16-6-5-15(12-17(16)27-24-19)14-7-9-22-10-8-14/h5-10,12-13H,3-4,11H2,1-2H3. The average Bonchev–Trinajstić information content (AvgIpc) is 3.38. The molecule has 0 aliphatic carbocycles. The first kappa shape index (κ1) is 18.3. The second-order valence-electron chi connectivity index (χ2n) is 6.59. The molecule has 3 heterocycles. The number of unbranched alkanes of at least 4 members (excludes halogenated alkanes) is 1. The van der Waals surface area contributed by atoms with Gasteiger partial charge in [-0.1, -0.05) is 24.6 Å². The summed E-state index contributed by atoms with van der Waals surface area (Å²) in [5.74, 6) is -0.00928. The third-order valence-corrected chi connectivity index (χ3v) is 5.59. The van der Waals surface area contributed by atoms with Crippen LogP contribution in [0.5, 0.6) is 0 Å². The SMILES string of the molecule is CCCCN(C)C(=O)c1cnc(-c2noc3cc(-c4ccncc4)ccc23)s1. The monoisotopic (exact) mass is 392 g/mol. The number of amides is 1. The second-order valence-corrected chi connectivity index (χ2v) is 7.62. The number of pyridine rings is 1. The molecule has 7 heteroatoms. The molecule has 4 aromatic rings. The van der Waals surface area contributed by atoms with E-state index in [1.165, 1.54) is 11.3 Å². The number of nitrogens with zero attached hydrogens (tertiary/aromatic N) is 4. The maximum absolute atomic E-state index is 12.5. The van der Waals surface area contributed by atoms with Gasteiger partial charge >= 0.3 is 0 Å². The molecule has 0 saturated heterocycles. The van der Waals surface area contributed by atoms with E-state index in [2.05, 4.69) is 22.0 Å². The molecule has 1 aromatic carbocycles. The fourth-order valence-electron chi connectivity index (χ4n) is 2.98. The summed E-state index contributed by atoms with van der Waals surface area (Å²) in [6.45, 7) is 2.85. The number of benzene rings is 1. The maximum Gasteiger partial charge on any atom is 0.265 e. The number of hydrogen-bond donors (Lipinski definition) is 0. The van der Waals surface area contributed by atoms with Gasteiger partial charge in [0.2, 0.25) is 0 Å². The summed E-state index contributed by atoms with van der Waals surface area (Å²) in [6.07, 6.45) is 7.18. The number of thiazole rings is 1. The van der Waals surface area contributed by atoms with Gasteiger partial charge in [0.1, 0.15) is 15.6 Å². The molecule has 0 aliphatic rings. The van der Waals surface area contributed by atoms with E-state index in [-0.39, 0.29) is 5.91 Å². The number of carbonyl (C=O) groups excluding carboxylic acids is 1. The number of fused-ring (bicyclic) bond motifs is 1. The Morgan fingerprint density at radius 3 is 2.79 bits per heavy atom. The molecule has 6 nitrogen and oxygen atoms in total. The Morgan fingerprint density at radius 1 is 1.18 bits per heavy atom. The van der Waals surface area contributed by atoms with Crippen molar-refractivity contribution in [2.24, 2.45) is 0 Å². The van der Waals surface area contributed by atoms with Crippen molar-refractivity contribution in [1.29, 1.82) is 0 Å². The maximum atomic E-state index is 12.5. The van der Waals surface area contributed by atoms with Crippen LogP contribution in [-0.2, 0) is 0 Å². The van der Waals surface area contributed by atoms with Crippen LogP contribution in [0.3, 0.4) is 0 Å². The van der Waals surface area contributed by atoms with E-state index < -0.39 is 0 Å². The third kappa shape index (κ3) is 3.53. The summed E-state index contributed by atoms with van der Waals surface area (Å²) in [6, 6.07) is 9.86. The zero-order chi connectivity index (χ0) is 19.5. The van der Waals surface area contributed by atoms with Gasteiger partial charge in [-0.15, -0.1) is 11.3 Å². The molecule has 142 valence electrons. The summed E-state index contributed by atoms with van der Waals surface area (Å²) >= 11 is 1.34. The van der Waals surface area contributed by atoms with E-state index in [4.69, 9.17) is 4.52 Å². The molecular formula is C21H20N4O2S. The van der Waals surface area contributed by atoms with E-state index in [0.29, 0.717) is 21.2 Å². The van der Waals surface area contributed by atoms with Gasteiger partial charge in [0.15, 0.2) is 5.58 Å². The van der Waals surface area contributed by atoms with Gasteiger partial charge in [0.25, 0.3) is 5.91 Å². The Kier molecular flexibility index (Phi) is 5.16. The van der Waals surface area contributed by atoms with Gasteiger partial charge in [-0.25, -0.2) is 4.98 Å². The van der Waals surface area contributed by atoms with E-state index in [0.717, 1.165) is 35.9 Å². The predicted octanol–water partition coefficient (Wildman–Crippen LogP) is 4.89. The van der Waals surface area contributed by atoms with Crippen molar-refractivity contribution in [3.05, 3.63) is 53.8 Å². The molecular weight excluding hydrogens is 372 g/mol. The fraction of sp³-hybridized carbons (Fsp3) is 0.238. The van der Waals surface area contributed by atoms with E-state index in [9.17, 15) is 4.79 Å². The molecule has 0 bridgehead atoms. The van der Waals surface area contributed by atoms with Gasteiger partial charge in [-0.05, 0) is 41.8 Å². The molecule has 0 spiro atoms. The summed E-state index contributed by atoms with van der Waals surface area (Å²) in [5.41, 5.74) is 3.45. The number of aromatic nitrogens is 3. The van der Waals surface area contributed by atoms with Gasteiger partial charge in [0.05, 0.1) is 11.6 Å². The Hall–Kier alpha value is -3.06. The summed E-state index contributed by atoms with van der Waals surface area (Å²) < 4.78 is 5.54. The third-order valence-electron chi connectivity index (χ3n) is 4.60.